The highest BCUT2D eigenvalue weighted by atomic mass is 16.5. The van der Waals surface area contributed by atoms with E-state index in [1.165, 1.54) is 0 Å². The van der Waals surface area contributed by atoms with E-state index in [1.807, 2.05) is 26.0 Å². The smallest absolute Gasteiger partial charge is 0.309 e. The SMILES string of the molecule is CC(C)(O)C(C)(C)OBc1ccc(OC2CCOCC2)c(C#N)c1. The molecule has 0 amide bonds. The fourth-order valence-corrected chi connectivity index (χ4v) is 2.27. The van der Waals surface area contributed by atoms with Crippen LogP contribution in [0.4, 0.5) is 0 Å². The van der Waals surface area contributed by atoms with E-state index < -0.39 is 11.2 Å². The third kappa shape index (κ3) is 4.73. The van der Waals surface area contributed by atoms with Crippen molar-refractivity contribution in [1.29, 1.82) is 5.26 Å². The predicted molar refractivity (Wildman–Crippen MR) is 93.9 cm³/mol. The van der Waals surface area contributed by atoms with E-state index in [1.54, 1.807) is 19.9 Å². The van der Waals surface area contributed by atoms with Crippen molar-refractivity contribution in [3.8, 4) is 11.8 Å². The van der Waals surface area contributed by atoms with Crippen LogP contribution in [0.2, 0.25) is 0 Å². The summed E-state index contributed by atoms with van der Waals surface area (Å²) in [5.74, 6) is 0.606. The predicted octanol–water partition coefficient (Wildman–Crippen LogP) is 1.66. The average molecular weight is 331 g/mol. The zero-order valence-electron chi connectivity index (χ0n) is 15.0. The molecule has 6 heteroatoms. The van der Waals surface area contributed by atoms with Crippen molar-refractivity contribution in [3.63, 3.8) is 0 Å². The van der Waals surface area contributed by atoms with E-state index in [2.05, 4.69) is 6.07 Å². The Hall–Kier alpha value is -1.55. The van der Waals surface area contributed by atoms with Gasteiger partial charge in [-0.1, -0.05) is 11.5 Å². The highest BCUT2D eigenvalue weighted by Crippen LogP contribution is 2.25. The van der Waals surface area contributed by atoms with Gasteiger partial charge in [0.25, 0.3) is 0 Å². The summed E-state index contributed by atoms with van der Waals surface area (Å²) in [7, 11) is 0.323. The number of hydrogen-bond acceptors (Lipinski definition) is 5. The van der Waals surface area contributed by atoms with Crippen LogP contribution in [0.3, 0.4) is 0 Å². The van der Waals surface area contributed by atoms with Crippen LogP contribution in [0, 0.1) is 11.3 Å². The number of ether oxygens (including phenoxy) is 2. The zero-order valence-corrected chi connectivity index (χ0v) is 15.0. The Morgan fingerprint density at radius 3 is 2.50 bits per heavy atom. The summed E-state index contributed by atoms with van der Waals surface area (Å²) in [6.07, 6.45) is 1.78. The van der Waals surface area contributed by atoms with Crippen LogP contribution < -0.4 is 10.2 Å². The molecule has 1 aliphatic heterocycles. The van der Waals surface area contributed by atoms with Crippen molar-refractivity contribution in [2.75, 3.05) is 13.2 Å². The second-order valence-electron chi connectivity index (χ2n) is 7.23. The van der Waals surface area contributed by atoms with E-state index in [-0.39, 0.29) is 6.10 Å². The van der Waals surface area contributed by atoms with E-state index in [0.29, 0.717) is 32.0 Å². The maximum Gasteiger partial charge on any atom is 0.309 e. The number of nitriles is 1. The van der Waals surface area contributed by atoms with Gasteiger partial charge in [0.05, 0.1) is 30.0 Å². The molecule has 0 spiro atoms. The van der Waals surface area contributed by atoms with E-state index >= 15 is 0 Å². The van der Waals surface area contributed by atoms with Crippen molar-refractivity contribution in [2.45, 2.75) is 57.8 Å². The summed E-state index contributed by atoms with van der Waals surface area (Å²) in [6, 6.07) is 7.70. The first-order valence-corrected chi connectivity index (χ1v) is 8.37. The maximum absolute atomic E-state index is 10.1. The summed E-state index contributed by atoms with van der Waals surface area (Å²) in [5, 5.41) is 19.5. The van der Waals surface area contributed by atoms with Gasteiger partial charge < -0.3 is 19.2 Å². The number of aliphatic hydroxyl groups is 1. The van der Waals surface area contributed by atoms with Gasteiger partial charge in [0, 0.05) is 12.8 Å². The van der Waals surface area contributed by atoms with Gasteiger partial charge in [0.15, 0.2) is 0 Å². The summed E-state index contributed by atoms with van der Waals surface area (Å²) in [4.78, 5) is 0. The molecular weight excluding hydrogens is 305 g/mol. The summed E-state index contributed by atoms with van der Waals surface area (Å²) >= 11 is 0. The lowest BCUT2D eigenvalue weighted by Crippen LogP contribution is -2.49. The summed E-state index contributed by atoms with van der Waals surface area (Å²) in [5.41, 5.74) is -0.277. The fraction of sp³-hybridized carbons (Fsp3) is 0.611. The third-order valence-corrected chi connectivity index (χ3v) is 4.70. The van der Waals surface area contributed by atoms with E-state index in [0.717, 1.165) is 18.3 Å². The van der Waals surface area contributed by atoms with Crippen LogP contribution in [0.15, 0.2) is 18.2 Å². The monoisotopic (exact) mass is 331 g/mol. The number of rotatable bonds is 6. The molecule has 1 heterocycles. The number of benzene rings is 1. The molecule has 0 saturated carbocycles. The van der Waals surface area contributed by atoms with Crippen molar-refractivity contribution < 1.29 is 19.2 Å². The average Bonchev–Trinajstić information content (AvgIpc) is 2.54. The van der Waals surface area contributed by atoms with Crippen LogP contribution in [0.5, 0.6) is 5.75 Å². The molecule has 24 heavy (non-hydrogen) atoms. The lowest BCUT2D eigenvalue weighted by atomic mass is 9.82. The van der Waals surface area contributed by atoms with E-state index in [9.17, 15) is 10.4 Å². The van der Waals surface area contributed by atoms with Gasteiger partial charge in [-0.3, -0.25) is 0 Å². The first-order chi connectivity index (χ1) is 11.2. The van der Waals surface area contributed by atoms with Crippen LogP contribution in [0.25, 0.3) is 0 Å². The normalized spacial score (nSPS) is 16.5. The van der Waals surface area contributed by atoms with Crippen LogP contribution in [0.1, 0.15) is 46.1 Å². The highest BCUT2D eigenvalue weighted by Gasteiger charge is 2.35. The first-order valence-electron chi connectivity index (χ1n) is 8.37. The third-order valence-electron chi connectivity index (χ3n) is 4.70. The molecule has 1 saturated heterocycles. The Morgan fingerprint density at radius 1 is 1.25 bits per heavy atom. The molecule has 1 aromatic rings. The number of nitrogens with zero attached hydrogens (tertiary/aromatic N) is 1. The molecule has 130 valence electrons. The van der Waals surface area contributed by atoms with Crippen LogP contribution in [-0.2, 0) is 9.39 Å². The number of hydrogen-bond donors (Lipinski definition) is 1. The standard InChI is InChI=1S/C18H26BNO4/c1-17(2,21)18(3,4)24-19-14-5-6-16(13(11-14)12-20)23-15-7-9-22-10-8-15/h5-6,11,15,19,21H,7-10H2,1-4H3. The van der Waals surface area contributed by atoms with Crippen LogP contribution >= 0.6 is 0 Å². The molecule has 0 atom stereocenters. The topological polar surface area (TPSA) is 71.7 Å². The van der Waals surface area contributed by atoms with Crippen LogP contribution in [-0.4, -0.2) is 43.1 Å². The molecule has 1 N–H and O–H groups in total. The minimum absolute atomic E-state index is 0.0991. The Kier molecular flexibility index (Phi) is 5.92. The molecule has 5 nitrogen and oxygen atoms in total. The molecule has 0 aliphatic carbocycles. The second-order valence-corrected chi connectivity index (χ2v) is 7.23. The Morgan fingerprint density at radius 2 is 1.92 bits per heavy atom. The fourth-order valence-electron chi connectivity index (χ4n) is 2.27. The minimum Gasteiger partial charge on any atom is -0.489 e. The Bertz CT molecular complexity index is 598. The van der Waals surface area contributed by atoms with E-state index in [4.69, 9.17) is 14.1 Å². The van der Waals surface area contributed by atoms with Crippen molar-refractivity contribution in [1.82, 2.24) is 0 Å². The van der Waals surface area contributed by atoms with Gasteiger partial charge in [-0.25, -0.2) is 0 Å². The lowest BCUT2D eigenvalue weighted by molar-refractivity contribution is -0.0893. The van der Waals surface area contributed by atoms with Crippen molar-refractivity contribution in [3.05, 3.63) is 23.8 Å². The minimum atomic E-state index is -0.961. The quantitative estimate of drug-likeness (QED) is 0.803. The maximum atomic E-state index is 10.1. The molecule has 1 aromatic carbocycles. The Balaban J connectivity index is 2.04. The van der Waals surface area contributed by atoms with Gasteiger partial charge in [0.2, 0.25) is 0 Å². The molecule has 0 unspecified atom stereocenters. The molecule has 0 aromatic heterocycles. The molecule has 0 bridgehead atoms. The second kappa shape index (κ2) is 7.56. The van der Waals surface area contributed by atoms with Crippen molar-refractivity contribution >= 4 is 12.9 Å². The highest BCUT2D eigenvalue weighted by molar-refractivity contribution is 6.47. The van der Waals surface area contributed by atoms with Gasteiger partial charge in [0.1, 0.15) is 17.9 Å². The molecular formula is C18H26BNO4. The summed E-state index contributed by atoms with van der Waals surface area (Å²) in [6.45, 7) is 8.54. The lowest BCUT2D eigenvalue weighted by Gasteiger charge is -2.37. The van der Waals surface area contributed by atoms with Gasteiger partial charge >= 0.3 is 7.48 Å². The molecule has 1 fully saturated rings. The molecule has 0 radical (unpaired) electrons. The zero-order chi connectivity index (χ0) is 17.8. The first kappa shape index (κ1) is 18.8. The molecule has 1 aliphatic rings. The molecule has 2 rings (SSSR count). The van der Waals surface area contributed by atoms with Crippen molar-refractivity contribution in [2.24, 2.45) is 0 Å². The largest absolute Gasteiger partial charge is 0.489 e. The van der Waals surface area contributed by atoms with Gasteiger partial charge in [-0.15, -0.1) is 0 Å². The van der Waals surface area contributed by atoms with Gasteiger partial charge in [-0.05, 0) is 39.8 Å². The Labute approximate surface area is 144 Å². The van der Waals surface area contributed by atoms with Gasteiger partial charge in [-0.2, -0.15) is 5.26 Å². The summed E-state index contributed by atoms with van der Waals surface area (Å²) < 4.78 is 17.1.